The lowest BCUT2D eigenvalue weighted by atomic mass is 10.1. The van der Waals surface area contributed by atoms with Crippen LogP contribution in [0.2, 0.25) is 10.0 Å². The van der Waals surface area contributed by atoms with Gasteiger partial charge in [0.15, 0.2) is 5.13 Å². The summed E-state index contributed by atoms with van der Waals surface area (Å²) in [5, 5.41) is 9.85. The maximum Gasteiger partial charge on any atom is 0.255 e. The average molecular weight is 470 g/mol. The lowest BCUT2D eigenvalue weighted by Crippen LogP contribution is -2.11. The maximum absolute atomic E-state index is 12.6. The van der Waals surface area contributed by atoms with E-state index in [1.807, 2.05) is 29.6 Å². The van der Waals surface area contributed by atoms with Crippen molar-refractivity contribution in [2.24, 2.45) is 0 Å². The Hall–Kier alpha value is -3.06. The van der Waals surface area contributed by atoms with Gasteiger partial charge in [0.1, 0.15) is 5.75 Å². The zero-order chi connectivity index (χ0) is 21.8. The van der Waals surface area contributed by atoms with Crippen LogP contribution in [0.5, 0.6) is 5.75 Å². The average Bonchev–Trinajstić information content (AvgIpc) is 3.24. The third kappa shape index (κ3) is 5.17. The maximum atomic E-state index is 12.6. The summed E-state index contributed by atoms with van der Waals surface area (Å²) in [5.41, 5.74) is 3.59. The highest BCUT2D eigenvalue weighted by molar-refractivity contribution is 7.14. The fourth-order valence-electron chi connectivity index (χ4n) is 2.89. The second-order valence-corrected chi connectivity index (χ2v) is 8.26. The van der Waals surface area contributed by atoms with Crippen LogP contribution in [0.25, 0.3) is 11.3 Å². The summed E-state index contributed by atoms with van der Waals surface area (Å²) < 4.78 is 5.18. The van der Waals surface area contributed by atoms with Gasteiger partial charge in [-0.1, -0.05) is 41.4 Å². The third-order valence-electron chi connectivity index (χ3n) is 4.43. The number of aromatic nitrogens is 1. The van der Waals surface area contributed by atoms with E-state index < -0.39 is 0 Å². The van der Waals surface area contributed by atoms with Crippen LogP contribution in [0.3, 0.4) is 0 Å². The fraction of sp³-hybridized carbons (Fsp3) is 0.0435. The van der Waals surface area contributed by atoms with Crippen molar-refractivity contribution in [2.75, 3.05) is 17.7 Å². The van der Waals surface area contributed by atoms with Crippen LogP contribution >= 0.6 is 34.5 Å². The first kappa shape index (κ1) is 21.2. The quantitative estimate of drug-likeness (QED) is 0.315. The summed E-state index contributed by atoms with van der Waals surface area (Å²) >= 11 is 13.6. The summed E-state index contributed by atoms with van der Waals surface area (Å²) in [6, 6.07) is 19.8. The van der Waals surface area contributed by atoms with E-state index in [1.165, 1.54) is 11.3 Å². The molecule has 0 spiro atoms. The number of rotatable bonds is 6. The molecule has 2 N–H and O–H groups in total. The van der Waals surface area contributed by atoms with Crippen molar-refractivity contribution in [1.82, 2.24) is 4.98 Å². The van der Waals surface area contributed by atoms with Crippen molar-refractivity contribution >= 4 is 57.0 Å². The number of methoxy groups -OCH3 is 1. The van der Waals surface area contributed by atoms with Gasteiger partial charge in [-0.25, -0.2) is 4.98 Å². The molecule has 0 radical (unpaired) electrons. The number of halogens is 2. The minimum absolute atomic E-state index is 0.214. The van der Waals surface area contributed by atoms with Gasteiger partial charge in [0.25, 0.3) is 5.91 Å². The zero-order valence-electron chi connectivity index (χ0n) is 16.4. The van der Waals surface area contributed by atoms with Gasteiger partial charge in [0.2, 0.25) is 0 Å². The molecule has 0 unspecified atom stereocenters. The molecule has 0 saturated heterocycles. The molecule has 0 aliphatic heterocycles. The summed E-state index contributed by atoms with van der Waals surface area (Å²) in [6.07, 6.45) is 0. The molecule has 0 atom stereocenters. The van der Waals surface area contributed by atoms with E-state index in [-0.39, 0.29) is 5.91 Å². The SMILES string of the molecule is COc1cccc(C(=O)Nc2cccc(-c3csc(Nc4ccc(Cl)cc4Cl)n3)c2)c1. The molecule has 1 aromatic heterocycles. The number of amides is 1. The van der Waals surface area contributed by atoms with Gasteiger partial charge >= 0.3 is 0 Å². The highest BCUT2D eigenvalue weighted by Crippen LogP contribution is 2.32. The lowest BCUT2D eigenvalue weighted by Gasteiger charge is -2.08. The van der Waals surface area contributed by atoms with Crippen LogP contribution in [-0.2, 0) is 0 Å². The van der Waals surface area contributed by atoms with Gasteiger partial charge in [0, 0.05) is 27.2 Å². The van der Waals surface area contributed by atoms with Crippen LogP contribution < -0.4 is 15.4 Å². The number of hydrogen-bond donors (Lipinski definition) is 2. The van der Waals surface area contributed by atoms with Crippen molar-refractivity contribution < 1.29 is 9.53 Å². The summed E-state index contributed by atoms with van der Waals surface area (Å²) in [5.74, 6) is 0.416. The van der Waals surface area contributed by atoms with Crippen molar-refractivity contribution in [2.45, 2.75) is 0 Å². The molecule has 0 aliphatic carbocycles. The molecule has 0 saturated carbocycles. The second-order valence-electron chi connectivity index (χ2n) is 6.55. The molecule has 8 heteroatoms. The van der Waals surface area contributed by atoms with Gasteiger partial charge in [0.05, 0.1) is 23.5 Å². The molecule has 3 aromatic carbocycles. The van der Waals surface area contributed by atoms with E-state index in [4.69, 9.17) is 27.9 Å². The van der Waals surface area contributed by atoms with Gasteiger partial charge in [-0.2, -0.15) is 0 Å². The molecule has 31 heavy (non-hydrogen) atoms. The Labute approximate surface area is 193 Å². The molecule has 0 fully saturated rings. The Morgan fingerprint density at radius 1 is 1.03 bits per heavy atom. The van der Waals surface area contributed by atoms with E-state index in [0.717, 1.165) is 16.9 Å². The zero-order valence-corrected chi connectivity index (χ0v) is 18.7. The Kier molecular flexibility index (Phi) is 6.42. The van der Waals surface area contributed by atoms with Crippen molar-refractivity contribution in [3.63, 3.8) is 0 Å². The van der Waals surface area contributed by atoms with Crippen LogP contribution in [0.15, 0.2) is 72.1 Å². The summed E-state index contributed by atoms with van der Waals surface area (Å²) in [4.78, 5) is 17.2. The van der Waals surface area contributed by atoms with Crippen LogP contribution in [0.1, 0.15) is 10.4 Å². The molecule has 4 aromatic rings. The molecule has 0 bridgehead atoms. The first-order valence-electron chi connectivity index (χ1n) is 9.25. The van der Waals surface area contributed by atoms with E-state index in [1.54, 1.807) is 49.6 Å². The van der Waals surface area contributed by atoms with Crippen LogP contribution in [0, 0.1) is 0 Å². The minimum Gasteiger partial charge on any atom is -0.497 e. The van der Waals surface area contributed by atoms with Gasteiger partial charge in [-0.3, -0.25) is 4.79 Å². The predicted octanol–water partition coefficient (Wildman–Crippen LogP) is 7.12. The topological polar surface area (TPSA) is 63.2 Å². The number of ether oxygens (including phenoxy) is 1. The van der Waals surface area contributed by atoms with Gasteiger partial charge < -0.3 is 15.4 Å². The summed E-state index contributed by atoms with van der Waals surface area (Å²) in [7, 11) is 1.57. The molecular formula is C23H17Cl2N3O2S. The van der Waals surface area contributed by atoms with Gasteiger partial charge in [-0.15, -0.1) is 11.3 Å². The lowest BCUT2D eigenvalue weighted by molar-refractivity contribution is 0.102. The highest BCUT2D eigenvalue weighted by Gasteiger charge is 2.10. The minimum atomic E-state index is -0.214. The molecule has 0 aliphatic rings. The highest BCUT2D eigenvalue weighted by atomic mass is 35.5. The Morgan fingerprint density at radius 3 is 2.68 bits per heavy atom. The Morgan fingerprint density at radius 2 is 1.87 bits per heavy atom. The van der Waals surface area contributed by atoms with Crippen molar-refractivity contribution in [3.8, 4) is 17.0 Å². The number of anilines is 3. The number of benzene rings is 3. The van der Waals surface area contributed by atoms with Crippen LogP contribution in [-0.4, -0.2) is 18.0 Å². The number of hydrogen-bond acceptors (Lipinski definition) is 5. The third-order valence-corrected chi connectivity index (χ3v) is 5.73. The predicted molar refractivity (Wildman–Crippen MR) is 128 cm³/mol. The van der Waals surface area contributed by atoms with E-state index in [2.05, 4.69) is 15.6 Å². The van der Waals surface area contributed by atoms with E-state index in [0.29, 0.717) is 32.2 Å². The fourth-order valence-corrected chi connectivity index (χ4v) is 4.08. The molecule has 1 amide bonds. The first-order chi connectivity index (χ1) is 15.0. The molecule has 5 nitrogen and oxygen atoms in total. The van der Waals surface area contributed by atoms with Crippen molar-refractivity contribution in [3.05, 3.63) is 87.7 Å². The number of thiazole rings is 1. The first-order valence-corrected chi connectivity index (χ1v) is 10.9. The largest absolute Gasteiger partial charge is 0.497 e. The van der Waals surface area contributed by atoms with E-state index >= 15 is 0 Å². The molecule has 156 valence electrons. The number of carbonyl (C=O) groups is 1. The van der Waals surface area contributed by atoms with E-state index in [9.17, 15) is 4.79 Å². The standard InChI is InChI=1S/C23H17Cl2N3O2S/c1-30-18-7-3-5-15(11-18)22(29)26-17-6-2-4-14(10-17)21-13-31-23(28-21)27-20-9-8-16(24)12-19(20)25/h2-13H,1H3,(H,26,29)(H,27,28). The molecule has 4 rings (SSSR count). The Bertz CT molecular complexity index is 1240. The normalized spacial score (nSPS) is 10.5. The number of nitrogens with one attached hydrogen (secondary N) is 2. The van der Waals surface area contributed by atoms with Crippen molar-refractivity contribution in [1.29, 1.82) is 0 Å². The van der Waals surface area contributed by atoms with Crippen LogP contribution in [0.4, 0.5) is 16.5 Å². The second kappa shape index (κ2) is 9.39. The smallest absolute Gasteiger partial charge is 0.255 e. The Balaban J connectivity index is 1.50. The number of nitrogens with zero attached hydrogens (tertiary/aromatic N) is 1. The molecular weight excluding hydrogens is 453 g/mol. The monoisotopic (exact) mass is 469 g/mol. The van der Waals surface area contributed by atoms with Gasteiger partial charge in [-0.05, 0) is 48.5 Å². The number of carbonyl (C=O) groups excluding carboxylic acids is 1. The summed E-state index contributed by atoms with van der Waals surface area (Å²) in [6.45, 7) is 0. The molecule has 1 heterocycles.